The summed E-state index contributed by atoms with van der Waals surface area (Å²) in [5.74, 6) is 0.766. The standard InChI is InChI=1S/C13H15N3O/c1-10-2-7-13(16-15-10)14-8-11-3-5-12(9-17)6-4-11/h2-7,17H,8-9H2,1H3,(H,14,16). The van der Waals surface area contributed by atoms with Gasteiger partial charge >= 0.3 is 0 Å². The summed E-state index contributed by atoms with van der Waals surface area (Å²) in [6.45, 7) is 2.69. The van der Waals surface area contributed by atoms with Crippen molar-refractivity contribution in [2.24, 2.45) is 0 Å². The van der Waals surface area contributed by atoms with E-state index in [0.717, 1.165) is 22.6 Å². The number of aromatic nitrogens is 2. The van der Waals surface area contributed by atoms with Crippen LogP contribution in [0.1, 0.15) is 16.8 Å². The van der Waals surface area contributed by atoms with Crippen molar-refractivity contribution in [1.29, 1.82) is 0 Å². The monoisotopic (exact) mass is 229 g/mol. The highest BCUT2D eigenvalue weighted by atomic mass is 16.3. The van der Waals surface area contributed by atoms with Gasteiger partial charge in [-0.25, -0.2) is 0 Å². The van der Waals surface area contributed by atoms with Crippen molar-refractivity contribution in [2.75, 3.05) is 5.32 Å². The Morgan fingerprint density at radius 2 is 1.71 bits per heavy atom. The summed E-state index contributed by atoms with van der Waals surface area (Å²) in [5.41, 5.74) is 2.97. The van der Waals surface area contributed by atoms with Gasteiger partial charge in [-0.05, 0) is 30.2 Å². The van der Waals surface area contributed by atoms with Gasteiger partial charge in [-0.1, -0.05) is 24.3 Å². The quantitative estimate of drug-likeness (QED) is 0.840. The molecule has 0 unspecified atom stereocenters. The van der Waals surface area contributed by atoms with Crippen LogP contribution < -0.4 is 5.32 Å². The molecule has 0 aliphatic carbocycles. The van der Waals surface area contributed by atoms with Crippen LogP contribution in [0.3, 0.4) is 0 Å². The van der Waals surface area contributed by atoms with E-state index in [1.165, 1.54) is 0 Å². The minimum atomic E-state index is 0.0805. The molecule has 0 spiro atoms. The molecule has 0 aliphatic rings. The first kappa shape index (κ1) is 11.5. The van der Waals surface area contributed by atoms with E-state index in [2.05, 4.69) is 15.5 Å². The van der Waals surface area contributed by atoms with E-state index in [9.17, 15) is 0 Å². The van der Waals surface area contributed by atoms with E-state index in [1.54, 1.807) is 0 Å². The molecule has 0 amide bonds. The largest absolute Gasteiger partial charge is 0.392 e. The molecule has 1 aromatic carbocycles. The van der Waals surface area contributed by atoms with Crippen LogP contribution in [0.4, 0.5) is 5.82 Å². The predicted molar refractivity (Wildman–Crippen MR) is 66.5 cm³/mol. The molecule has 1 aromatic heterocycles. The summed E-state index contributed by atoms with van der Waals surface area (Å²) in [7, 11) is 0. The van der Waals surface area contributed by atoms with E-state index in [0.29, 0.717) is 6.54 Å². The average molecular weight is 229 g/mol. The summed E-state index contributed by atoms with van der Waals surface area (Å²) in [4.78, 5) is 0. The van der Waals surface area contributed by atoms with Gasteiger partial charge in [0.05, 0.1) is 12.3 Å². The van der Waals surface area contributed by atoms with Crippen molar-refractivity contribution in [3.63, 3.8) is 0 Å². The summed E-state index contributed by atoms with van der Waals surface area (Å²) < 4.78 is 0. The lowest BCUT2D eigenvalue weighted by atomic mass is 10.1. The smallest absolute Gasteiger partial charge is 0.148 e. The van der Waals surface area contributed by atoms with Crippen LogP contribution in [0.2, 0.25) is 0 Å². The molecule has 0 atom stereocenters. The molecule has 2 aromatic rings. The minimum Gasteiger partial charge on any atom is -0.392 e. The molecule has 0 bridgehead atoms. The number of nitrogens with one attached hydrogen (secondary N) is 1. The first-order valence-electron chi connectivity index (χ1n) is 5.51. The number of hydrogen-bond acceptors (Lipinski definition) is 4. The summed E-state index contributed by atoms with van der Waals surface area (Å²) in [6.07, 6.45) is 0. The second-order valence-corrected chi connectivity index (χ2v) is 3.89. The number of benzene rings is 1. The molecule has 1 heterocycles. The summed E-state index contributed by atoms with van der Waals surface area (Å²) in [5, 5.41) is 20.1. The Kier molecular flexibility index (Phi) is 3.67. The van der Waals surface area contributed by atoms with Crippen molar-refractivity contribution < 1.29 is 5.11 Å². The fourth-order valence-electron chi connectivity index (χ4n) is 1.45. The zero-order valence-electron chi connectivity index (χ0n) is 9.72. The minimum absolute atomic E-state index is 0.0805. The molecule has 88 valence electrons. The third-order valence-electron chi connectivity index (χ3n) is 2.48. The van der Waals surface area contributed by atoms with Gasteiger partial charge in [0.25, 0.3) is 0 Å². The Morgan fingerprint density at radius 3 is 2.29 bits per heavy atom. The molecule has 0 saturated carbocycles. The number of rotatable bonds is 4. The van der Waals surface area contributed by atoms with E-state index in [-0.39, 0.29) is 6.61 Å². The number of nitrogens with zero attached hydrogens (tertiary/aromatic N) is 2. The van der Waals surface area contributed by atoms with Crippen LogP contribution in [-0.2, 0) is 13.2 Å². The Morgan fingerprint density at radius 1 is 1.00 bits per heavy atom. The lowest BCUT2D eigenvalue weighted by molar-refractivity contribution is 0.282. The second-order valence-electron chi connectivity index (χ2n) is 3.89. The van der Waals surface area contributed by atoms with Gasteiger partial charge in [0.1, 0.15) is 5.82 Å². The Bertz CT molecular complexity index is 465. The molecule has 2 rings (SSSR count). The van der Waals surface area contributed by atoms with Crippen LogP contribution in [0.25, 0.3) is 0 Å². The Balaban J connectivity index is 1.95. The molecule has 0 aliphatic heterocycles. The van der Waals surface area contributed by atoms with Crippen LogP contribution >= 0.6 is 0 Å². The van der Waals surface area contributed by atoms with Crippen LogP contribution in [0.15, 0.2) is 36.4 Å². The van der Waals surface area contributed by atoms with Crippen molar-refractivity contribution in [3.05, 3.63) is 53.2 Å². The molecule has 2 N–H and O–H groups in total. The number of anilines is 1. The predicted octanol–water partition coefficient (Wildman–Crippen LogP) is 1.89. The summed E-state index contributed by atoms with van der Waals surface area (Å²) in [6, 6.07) is 11.6. The molecule has 17 heavy (non-hydrogen) atoms. The van der Waals surface area contributed by atoms with Crippen molar-refractivity contribution in [3.8, 4) is 0 Å². The van der Waals surface area contributed by atoms with Crippen LogP contribution in [-0.4, -0.2) is 15.3 Å². The van der Waals surface area contributed by atoms with Crippen molar-refractivity contribution >= 4 is 5.82 Å². The number of aliphatic hydroxyl groups is 1. The van der Waals surface area contributed by atoms with Gasteiger partial charge in [-0.3, -0.25) is 0 Å². The fourth-order valence-corrected chi connectivity index (χ4v) is 1.45. The van der Waals surface area contributed by atoms with Gasteiger partial charge in [0.15, 0.2) is 0 Å². The normalized spacial score (nSPS) is 10.2. The third-order valence-corrected chi connectivity index (χ3v) is 2.48. The fraction of sp³-hybridized carbons (Fsp3) is 0.231. The maximum absolute atomic E-state index is 8.93. The van der Waals surface area contributed by atoms with Gasteiger partial charge in [-0.15, -0.1) is 5.10 Å². The highest BCUT2D eigenvalue weighted by molar-refractivity contribution is 5.34. The second kappa shape index (κ2) is 5.41. The molecule has 0 radical (unpaired) electrons. The topological polar surface area (TPSA) is 58.0 Å². The molecule has 0 fully saturated rings. The highest BCUT2D eigenvalue weighted by Gasteiger charge is 1.96. The third kappa shape index (κ3) is 3.26. The van der Waals surface area contributed by atoms with Crippen molar-refractivity contribution in [1.82, 2.24) is 10.2 Å². The van der Waals surface area contributed by atoms with E-state index in [4.69, 9.17) is 5.11 Å². The molecule has 4 heteroatoms. The van der Waals surface area contributed by atoms with Gasteiger partial charge in [0.2, 0.25) is 0 Å². The van der Waals surface area contributed by atoms with Gasteiger partial charge < -0.3 is 10.4 Å². The van der Waals surface area contributed by atoms with Gasteiger partial charge in [0, 0.05) is 6.54 Å². The summed E-state index contributed by atoms with van der Waals surface area (Å²) >= 11 is 0. The molecular formula is C13H15N3O. The maximum Gasteiger partial charge on any atom is 0.148 e. The first-order chi connectivity index (χ1) is 8.28. The highest BCUT2D eigenvalue weighted by Crippen LogP contribution is 2.07. The zero-order valence-corrected chi connectivity index (χ0v) is 9.72. The Hall–Kier alpha value is -1.94. The SMILES string of the molecule is Cc1ccc(NCc2ccc(CO)cc2)nn1. The van der Waals surface area contributed by atoms with E-state index >= 15 is 0 Å². The van der Waals surface area contributed by atoms with E-state index < -0.39 is 0 Å². The van der Waals surface area contributed by atoms with Crippen LogP contribution in [0.5, 0.6) is 0 Å². The zero-order chi connectivity index (χ0) is 12.1. The molecular weight excluding hydrogens is 214 g/mol. The van der Waals surface area contributed by atoms with Crippen LogP contribution in [0, 0.1) is 6.92 Å². The molecule has 0 saturated heterocycles. The van der Waals surface area contributed by atoms with E-state index in [1.807, 2.05) is 43.3 Å². The molecule has 4 nitrogen and oxygen atoms in total. The van der Waals surface area contributed by atoms with Crippen molar-refractivity contribution in [2.45, 2.75) is 20.1 Å². The lowest BCUT2D eigenvalue weighted by Gasteiger charge is -2.05. The number of aryl methyl sites for hydroxylation is 1. The maximum atomic E-state index is 8.93. The Labute approximate surface area is 100 Å². The first-order valence-corrected chi connectivity index (χ1v) is 5.51. The lowest BCUT2D eigenvalue weighted by Crippen LogP contribution is -2.02. The number of aliphatic hydroxyl groups excluding tert-OH is 1. The number of hydrogen-bond donors (Lipinski definition) is 2. The average Bonchev–Trinajstić information content (AvgIpc) is 2.39. The van der Waals surface area contributed by atoms with Gasteiger partial charge in [-0.2, -0.15) is 5.10 Å².